The largest absolute Gasteiger partial charge is 0.507 e. The van der Waals surface area contributed by atoms with E-state index >= 15 is 0 Å². The molecule has 0 aromatic heterocycles. The van der Waals surface area contributed by atoms with Crippen molar-refractivity contribution in [3.8, 4) is 5.75 Å². The van der Waals surface area contributed by atoms with E-state index in [1.54, 1.807) is 6.07 Å². The van der Waals surface area contributed by atoms with Crippen molar-refractivity contribution in [2.24, 2.45) is 0 Å². The maximum absolute atomic E-state index is 10.6. The molecule has 0 spiro atoms. The second-order valence-corrected chi connectivity index (χ2v) is 3.32. The van der Waals surface area contributed by atoms with E-state index in [1.807, 2.05) is 0 Å². The van der Waals surface area contributed by atoms with Gasteiger partial charge >= 0.3 is 5.97 Å². The molecular formula is C11H15NO3. The summed E-state index contributed by atoms with van der Waals surface area (Å²) in [4.78, 5) is 10.6. The Morgan fingerprint density at radius 3 is 2.73 bits per heavy atom. The summed E-state index contributed by atoms with van der Waals surface area (Å²) in [6.45, 7) is 2.91. The fourth-order valence-electron chi connectivity index (χ4n) is 1.23. The normalized spacial score (nSPS) is 9.93. The maximum Gasteiger partial charge on any atom is 0.339 e. The Morgan fingerprint density at radius 2 is 2.20 bits per heavy atom. The van der Waals surface area contributed by atoms with E-state index in [4.69, 9.17) is 5.11 Å². The van der Waals surface area contributed by atoms with Crippen LogP contribution < -0.4 is 5.32 Å². The number of nitrogens with one attached hydrogen (secondary N) is 1. The van der Waals surface area contributed by atoms with E-state index in [2.05, 4.69) is 12.2 Å². The molecule has 1 aromatic rings. The Balaban J connectivity index is 2.69. The zero-order valence-electron chi connectivity index (χ0n) is 8.66. The second-order valence-electron chi connectivity index (χ2n) is 3.32. The predicted molar refractivity (Wildman–Crippen MR) is 58.5 cm³/mol. The molecule has 0 aliphatic heterocycles. The number of anilines is 1. The molecule has 0 amide bonds. The van der Waals surface area contributed by atoms with Crippen molar-refractivity contribution in [1.29, 1.82) is 0 Å². The van der Waals surface area contributed by atoms with Crippen LogP contribution in [0.3, 0.4) is 0 Å². The Hall–Kier alpha value is -1.71. The van der Waals surface area contributed by atoms with E-state index in [0.29, 0.717) is 0 Å². The minimum atomic E-state index is -1.12. The fourth-order valence-corrected chi connectivity index (χ4v) is 1.23. The molecule has 0 saturated heterocycles. The molecule has 0 unspecified atom stereocenters. The lowest BCUT2D eigenvalue weighted by atomic mass is 10.2. The van der Waals surface area contributed by atoms with Gasteiger partial charge in [0.15, 0.2) is 0 Å². The van der Waals surface area contributed by atoms with Gasteiger partial charge in [-0.25, -0.2) is 4.79 Å². The zero-order valence-corrected chi connectivity index (χ0v) is 8.66. The third-order valence-electron chi connectivity index (χ3n) is 2.09. The molecule has 15 heavy (non-hydrogen) atoms. The highest BCUT2D eigenvalue weighted by Gasteiger charge is 2.08. The van der Waals surface area contributed by atoms with Crippen LogP contribution in [0.2, 0.25) is 0 Å². The van der Waals surface area contributed by atoms with Crippen molar-refractivity contribution in [3.63, 3.8) is 0 Å². The van der Waals surface area contributed by atoms with Crippen LogP contribution in [0.5, 0.6) is 5.75 Å². The van der Waals surface area contributed by atoms with Gasteiger partial charge in [-0.15, -0.1) is 0 Å². The molecule has 4 heteroatoms. The summed E-state index contributed by atoms with van der Waals surface area (Å²) in [7, 11) is 0. The number of phenols is 1. The number of aromatic carboxylic acids is 1. The van der Waals surface area contributed by atoms with Crippen molar-refractivity contribution in [3.05, 3.63) is 23.8 Å². The van der Waals surface area contributed by atoms with Crippen LogP contribution in [-0.2, 0) is 0 Å². The number of unbranched alkanes of at least 4 members (excludes halogenated alkanes) is 1. The number of carbonyl (C=O) groups is 1. The van der Waals surface area contributed by atoms with Gasteiger partial charge in [0, 0.05) is 18.3 Å². The van der Waals surface area contributed by atoms with Crippen molar-refractivity contribution in [2.45, 2.75) is 19.8 Å². The first-order chi connectivity index (χ1) is 7.15. The molecule has 0 radical (unpaired) electrons. The van der Waals surface area contributed by atoms with Crippen LogP contribution in [-0.4, -0.2) is 22.7 Å². The van der Waals surface area contributed by atoms with Crippen LogP contribution >= 0.6 is 0 Å². The highest BCUT2D eigenvalue weighted by atomic mass is 16.4. The molecule has 4 nitrogen and oxygen atoms in total. The van der Waals surface area contributed by atoms with Crippen molar-refractivity contribution < 1.29 is 15.0 Å². The Bertz CT molecular complexity index is 350. The summed E-state index contributed by atoms with van der Waals surface area (Å²) in [5.41, 5.74) is 0.669. The lowest BCUT2D eigenvalue weighted by Gasteiger charge is -2.06. The summed E-state index contributed by atoms with van der Waals surface area (Å²) in [5, 5.41) is 21.2. The first-order valence-electron chi connectivity index (χ1n) is 4.95. The Morgan fingerprint density at radius 1 is 1.47 bits per heavy atom. The van der Waals surface area contributed by atoms with E-state index in [9.17, 15) is 9.90 Å². The minimum absolute atomic E-state index is 0.0731. The van der Waals surface area contributed by atoms with Crippen molar-refractivity contribution in [2.75, 3.05) is 11.9 Å². The van der Waals surface area contributed by atoms with Crippen LogP contribution in [0.4, 0.5) is 5.69 Å². The first-order valence-corrected chi connectivity index (χ1v) is 4.95. The topological polar surface area (TPSA) is 69.6 Å². The average Bonchev–Trinajstić information content (AvgIpc) is 2.17. The highest BCUT2D eigenvalue weighted by Crippen LogP contribution is 2.21. The molecule has 3 N–H and O–H groups in total. The van der Waals surface area contributed by atoms with E-state index < -0.39 is 5.97 Å². The number of carboxylic acids is 1. The standard InChI is InChI=1S/C11H15NO3/c1-2-3-6-12-8-4-5-9(11(14)15)10(13)7-8/h4-5,7,12-13H,2-3,6H2,1H3,(H,14,15). The average molecular weight is 209 g/mol. The van der Waals surface area contributed by atoms with Gasteiger partial charge < -0.3 is 15.5 Å². The lowest BCUT2D eigenvalue weighted by molar-refractivity contribution is 0.0694. The third kappa shape index (κ3) is 3.16. The van der Waals surface area contributed by atoms with Crippen molar-refractivity contribution in [1.82, 2.24) is 0 Å². The molecule has 0 saturated carbocycles. The second kappa shape index (κ2) is 5.24. The van der Waals surface area contributed by atoms with Gasteiger partial charge in [0.1, 0.15) is 11.3 Å². The zero-order chi connectivity index (χ0) is 11.3. The summed E-state index contributed by atoms with van der Waals surface area (Å²) in [6, 6.07) is 4.48. The van der Waals surface area contributed by atoms with Crippen LogP contribution in [0.15, 0.2) is 18.2 Å². The summed E-state index contributed by atoms with van der Waals surface area (Å²) >= 11 is 0. The van der Waals surface area contributed by atoms with Gasteiger partial charge in [-0.2, -0.15) is 0 Å². The summed E-state index contributed by atoms with van der Waals surface area (Å²) < 4.78 is 0. The van der Waals surface area contributed by atoms with Gasteiger partial charge in [-0.1, -0.05) is 13.3 Å². The van der Waals surface area contributed by atoms with Gasteiger partial charge in [0.2, 0.25) is 0 Å². The van der Waals surface area contributed by atoms with Gasteiger partial charge in [0.25, 0.3) is 0 Å². The smallest absolute Gasteiger partial charge is 0.339 e. The van der Waals surface area contributed by atoms with E-state index in [0.717, 1.165) is 25.1 Å². The molecule has 0 aliphatic rings. The number of aromatic hydroxyl groups is 1. The SMILES string of the molecule is CCCCNc1ccc(C(=O)O)c(O)c1. The highest BCUT2D eigenvalue weighted by molar-refractivity contribution is 5.91. The number of rotatable bonds is 5. The minimum Gasteiger partial charge on any atom is -0.507 e. The van der Waals surface area contributed by atoms with Crippen LogP contribution in [0.25, 0.3) is 0 Å². The number of carboxylic acid groups (broad SMARTS) is 1. The number of hydrogen-bond acceptors (Lipinski definition) is 3. The van der Waals surface area contributed by atoms with Gasteiger partial charge in [0.05, 0.1) is 0 Å². The molecule has 0 heterocycles. The molecule has 0 fully saturated rings. The summed E-state index contributed by atoms with van der Waals surface area (Å²) in [6.07, 6.45) is 2.13. The summed E-state index contributed by atoms with van der Waals surface area (Å²) in [5.74, 6) is -1.32. The lowest BCUT2D eigenvalue weighted by Crippen LogP contribution is -2.02. The fraction of sp³-hybridized carbons (Fsp3) is 0.364. The first kappa shape index (κ1) is 11.4. The molecule has 1 rings (SSSR count). The predicted octanol–water partition coefficient (Wildman–Crippen LogP) is 2.30. The van der Waals surface area contributed by atoms with E-state index in [-0.39, 0.29) is 11.3 Å². The monoisotopic (exact) mass is 209 g/mol. The molecule has 1 aromatic carbocycles. The quantitative estimate of drug-likeness (QED) is 0.651. The maximum atomic E-state index is 10.6. The van der Waals surface area contributed by atoms with Gasteiger partial charge in [-0.3, -0.25) is 0 Å². The van der Waals surface area contributed by atoms with Gasteiger partial charge in [-0.05, 0) is 18.6 Å². The molecule has 82 valence electrons. The molecule has 0 aliphatic carbocycles. The number of benzene rings is 1. The van der Waals surface area contributed by atoms with E-state index in [1.165, 1.54) is 12.1 Å². The van der Waals surface area contributed by atoms with Crippen molar-refractivity contribution >= 4 is 11.7 Å². The molecule has 0 bridgehead atoms. The number of hydrogen-bond donors (Lipinski definition) is 3. The van der Waals surface area contributed by atoms with Crippen LogP contribution in [0.1, 0.15) is 30.1 Å². The third-order valence-corrected chi connectivity index (χ3v) is 2.09. The van der Waals surface area contributed by atoms with Crippen LogP contribution in [0, 0.1) is 0 Å². The Labute approximate surface area is 88.6 Å². The molecular weight excluding hydrogens is 194 g/mol. The Kier molecular flexibility index (Phi) is 3.97. The molecule has 0 atom stereocenters.